The maximum Gasteiger partial charge on any atom is 0.0864 e. The quantitative estimate of drug-likeness (QED) is 0.652. The summed E-state index contributed by atoms with van der Waals surface area (Å²) in [6.45, 7) is 0. The van der Waals surface area contributed by atoms with Gasteiger partial charge in [0.05, 0.1) is 17.7 Å². The molecule has 2 nitrogen and oxygen atoms in total. The van der Waals surface area contributed by atoms with E-state index in [1.165, 1.54) is 11.1 Å². The first-order valence-electron chi connectivity index (χ1n) is 5.24. The summed E-state index contributed by atoms with van der Waals surface area (Å²) in [6.07, 6.45) is 9.97. The van der Waals surface area contributed by atoms with E-state index in [0.717, 1.165) is 5.70 Å². The van der Waals surface area contributed by atoms with Crippen LogP contribution in [0.4, 0.5) is 0 Å². The van der Waals surface area contributed by atoms with E-state index < -0.39 is 0 Å². The Hall–Kier alpha value is -2.27. The van der Waals surface area contributed by atoms with Gasteiger partial charge in [-0.1, -0.05) is 24.3 Å². The Morgan fingerprint density at radius 1 is 1.19 bits per heavy atom. The standard InChI is InChI=1S/C14H10N2/c15-10-11-5-7-16-8-6-12-3-1-2-4-13(12)14(16)9-11/h1-9,11H. The number of rotatable bonds is 0. The molecule has 1 aromatic carbocycles. The monoisotopic (exact) mass is 206 g/mol. The highest BCUT2D eigenvalue weighted by atomic mass is 15.1. The van der Waals surface area contributed by atoms with Crippen LogP contribution in [0.5, 0.6) is 0 Å². The lowest BCUT2D eigenvalue weighted by atomic mass is 9.96. The van der Waals surface area contributed by atoms with Gasteiger partial charge in [-0.15, -0.1) is 0 Å². The van der Waals surface area contributed by atoms with Gasteiger partial charge in [0.2, 0.25) is 0 Å². The molecule has 1 aromatic rings. The van der Waals surface area contributed by atoms with Gasteiger partial charge in [0.1, 0.15) is 0 Å². The number of nitrogens with zero attached hydrogens (tertiary/aromatic N) is 2. The van der Waals surface area contributed by atoms with Crippen molar-refractivity contribution in [2.75, 3.05) is 0 Å². The van der Waals surface area contributed by atoms with Crippen LogP contribution in [0.15, 0.2) is 48.8 Å². The van der Waals surface area contributed by atoms with Crippen LogP contribution in [0, 0.1) is 17.2 Å². The van der Waals surface area contributed by atoms with E-state index in [4.69, 9.17) is 5.26 Å². The van der Waals surface area contributed by atoms with Crippen molar-refractivity contribution < 1.29 is 0 Å². The summed E-state index contributed by atoms with van der Waals surface area (Å²) >= 11 is 0. The molecule has 1 atom stereocenters. The molecule has 0 radical (unpaired) electrons. The minimum atomic E-state index is -0.120. The molecule has 0 aliphatic carbocycles. The summed E-state index contributed by atoms with van der Waals surface area (Å²) in [4.78, 5) is 2.05. The van der Waals surface area contributed by atoms with Crippen molar-refractivity contribution in [3.63, 3.8) is 0 Å². The van der Waals surface area contributed by atoms with Crippen LogP contribution in [0.3, 0.4) is 0 Å². The number of benzene rings is 1. The molecule has 1 unspecified atom stereocenters. The molecule has 2 heteroatoms. The molecule has 0 amide bonds. The highest BCUT2D eigenvalue weighted by Gasteiger charge is 2.19. The van der Waals surface area contributed by atoms with E-state index in [9.17, 15) is 0 Å². The van der Waals surface area contributed by atoms with E-state index in [1.54, 1.807) is 0 Å². The van der Waals surface area contributed by atoms with Crippen LogP contribution in [0.25, 0.3) is 11.8 Å². The van der Waals surface area contributed by atoms with Crippen molar-refractivity contribution in [2.45, 2.75) is 0 Å². The second kappa shape index (κ2) is 3.39. The average Bonchev–Trinajstić information content (AvgIpc) is 2.38. The normalized spacial score (nSPS) is 20.8. The molecule has 0 spiro atoms. The van der Waals surface area contributed by atoms with Gasteiger partial charge in [-0.05, 0) is 23.8 Å². The van der Waals surface area contributed by atoms with Gasteiger partial charge in [-0.25, -0.2) is 0 Å². The highest BCUT2D eigenvalue weighted by Crippen LogP contribution is 2.32. The van der Waals surface area contributed by atoms with E-state index in [1.807, 2.05) is 36.7 Å². The largest absolute Gasteiger partial charge is 0.324 e. The Kier molecular flexibility index (Phi) is 1.91. The molecular weight excluding hydrogens is 196 g/mol. The molecule has 16 heavy (non-hydrogen) atoms. The maximum atomic E-state index is 8.95. The molecular formula is C14H10N2. The third kappa shape index (κ3) is 1.26. The van der Waals surface area contributed by atoms with Crippen LogP contribution in [-0.4, -0.2) is 4.90 Å². The Morgan fingerprint density at radius 2 is 2.06 bits per heavy atom. The Bertz CT molecular complexity index is 558. The molecule has 2 aliphatic heterocycles. The van der Waals surface area contributed by atoms with Crippen molar-refractivity contribution >= 4 is 11.8 Å². The van der Waals surface area contributed by atoms with Crippen molar-refractivity contribution in [1.29, 1.82) is 5.26 Å². The summed E-state index contributed by atoms with van der Waals surface area (Å²) in [5, 5.41) is 8.95. The van der Waals surface area contributed by atoms with E-state index in [0.29, 0.717) is 0 Å². The first-order valence-corrected chi connectivity index (χ1v) is 5.24. The predicted octanol–water partition coefficient (Wildman–Crippen LogP) is 2.98. The van der Waals surface area contributed by atoms with Crippen molar-refractivity contribution in [2.24, 2.45) is 5.92 Å². The van der Waals surface area contributed by atoms with Gasteiger partial charge in [0.25, 0.3) is 0 Å². The topological polar surface area (TPSA) is 27.0 Å². The van der Waals surface area contributed by atoms with Crippen LogP contribution < -0.4 is 0 Å². The van der Waals surface area contributed by atoms with Crippen molar-refractivity contribution in [3.05, 3.63) is 59.9 Å². The molecule has 0 fully saturated rings. The summed E-state index contributed by atoms with van der Waals surface area (Å²) in [6, 6.07) is 10.5. The van der Waals surface area contributed by atoms with Gasteiger partial charge in [0, 0.05) is 18.0 Å². The number of hydrogen-bond donors (Lipinski definition) is 0. The summed E-state index contributed by atoms with van der Waals surface area (Å²) in [7, 11) is 0. The average molecular weight is 206 g/mol. The number of hydrogen-bond acceptors (Lipinski definition) is 2. The molecule has 0 saturated carbocycles. The minimum Gasteiger partial charge on any atom is -0.324 e. The highest BCUT2D eigenvalue weighted by molar-refractivity contribution is 5.79. The Labute approximate surface area is 94.4 Å². The van der Waals surface area contributed by atoms with Crippen molar-refractivity contribution in [1.82, 2.24) is 4.90 Å². The molecule has 0 bridgehead atoms. The van der Waals surface area contributed by atoms with E-state index in [2.05, 4.69) is 29.2 Å². The first kappa shape index (κ1) is 8.99. The lowest BCUT2D eigenvalue weighted by molar-refractivity contribution is 0.693. The van der Waals surface area contributed by atoms with E-state index in [-0.39, 0.29) is 5.92 Å². The molecule has 0 N–H and O–H groups in total. The SMILES string of the molecule is N#CC1C=CN2C=Cc3ccccc3C2=C1. The summed E-state index contributed by atoms with van der Waals surface area (Å²) in [5.41, 5.74) is 3.50. The van der Waals surface area contributed by atoms with Crippen LogP contribution in [0.1, 0.15) is 11.1 Å². The van der Waals surface area contributed by atoms with Gasteiger partial charge in [0.15, 0.2) is 0 Å². The van der Waals surface area contributed by atoms with Crippen molar-refractivity contribution in [3.8, 4) is 6.07 Å². The molecule has 0 saturated heterocycles. The molecule has 76 valence electrons. The molecule has 0 aromatic heterocycles. The summed E-state index contributed by atoms with van der Waals surface area (Å²) < 4.78 is 0. The zero-order valence-electron chi connectivity index (χ0n) is 8.67. The molecule has 3 rings (SSSR count). The Balaban J connectivity index is 2.15. The minimum absolute atomic E-state index is 0.120. The third-order valence-corrected chi connectivity index (χ3v) is 2.87. The molecule has 2 heterocycles. The number of allylic oxidation sites excluding steroid dienone is 2. The second-order valence-corrected chi connectivity index (χ2v) is 3.86. The van der Waals surface area contributed by atoms with Crippen LogP contribution in [-0.2, 0) is 0 Å². The smallest absolute Gasteiger partial charge is 0.0864 e. The lowest BCUT2D eigenvalue weighted by Crippen LogP contribution is -2.17. The zero-order chi connectivity index (χ0) is 11.0. The maximum absolute atomic E-state index is 8.95. The van der Waals surface area contributed by atoms with Crippen LogP contribution >= 0.6 is 0 Å². The second-order valence-electron chi connectivity index (χ2n) is 3.86. The third-order valence-electron chi connectivity index (χ3n) is 2.87. The fraction of sp³-hybridized carbons (Fsp3) is 0.0714. The fourth-order valence-corrected chi connectivity index (χ4v) is 2.05. The molecule has 2 aliphatic rings. The predicted molar refractivity (Wildman–Crippen MR) is 63.5 cm³/mol. The first-order chi connectivity index (χ1) is 7.88. The van der Waals surface area contributed by atoms with Gasteiger partial charge >= 0.3 is 0 Å². The van der Waals surface area contributed by atoms with E-state index >= 15 is 0 Å². The lowest BCUT2D eigenvalue weighted by Gasteiger charge is -2.28. The van der Waals surface area contributed by atoms with Gasteiger partial charge < -0.3 is 4.90 Å². The number of fused-ring (bicyclic) bond motifs is 3. The zero-order valence-corrected chi connectivity index (χ0v) is 8.67. The Morgan fingerprint density at radius 3 is 2.94 bits per heavy atom. The van der Waals surface area contributed by atoms with Gasteiger partial charge in [-0.3, -0.25) is 0 Å². The summed E-state index contributed by atoms with van der Waals surface area (Å²) in [5.74, 6) is -0.120. The fourth-order valence-electron chi connectivity index (χ4n) is 2.05. The van der Waals surface area contributed by atoms with Crippen LogP contribution in [0.2, 0.25) is 0 Å². The van der Waals surface area contributed by atoms with Gasteiger partial charge in [-0.2, -0.15) is 5.26 Å². The number of nitriles is 1.